The molecule has 0 saturated carbocycles. The van der Waals surface area contributed by atoms with Crippen LogP contribution in [0.3, 0.4) is 0 Å². The Labute approximate surface area is 55.2 Å². The summed E-state index contributed by atoms with van der Waals surface area (Å²) in [7, 11) is 0. The fourth-order valence-corrected chi connectivity index (χ4v) is 1.42. The number of fused-ring (bicyclic) bond motifs is 1. The monoisotopic (exact) mass is 140 g/mol. The Morgan fingerprint density at radius 3 is 3.33 bits per heavy atom. The third kappa shape index (κ3) is 0.598. The molecular weight excluding hydrogens is 136 g/mol. The molecule has 0 atom stereocenters. The zero-order valence-corrected chi connectivity index (χ0v) is 5.30. The van der Waals surface area contributed by atoms with Crippen LogP contribution in [0.4, 0.5) is 0 Å². The van der Waals surface area contributed by atoms with Gasteiger partial charge in [-0.15, -0.1) is 0 Å². The molecule has 9 heavy (non-hydrogen) atoms. The lowest BCUT2D eigenvalue weighted by molar-refractivity contribution is 0.488. The molecule has 0 aromatic carbocycles. The summed E-state index contributed by atoms with van der Waals surface area (Å²) in [5.74, 6) is 0. The summed E-state index contributed by atoms with van der Waals surface area (Å²) in [6, 6.07) is 0. The smallest absolute Gasteiger partial charge is 0.190 e. The van der Waals surface area contributed by atoms with E-state index in [0.29, 0.717) is 5.06 Å². The van der Waals surface area contributed by atoms with Crippen molar-refractivity contribution in [3.05, 3.63) is 18.7 Å². The fourth-order valence-electron chi connectivity index (χ4n) is 0.721. The summed E-state index contributed by atoms with van der Waals surface area (Å²) >= 11 is 1.31. The predicted molar refractivity (Wildman–Crippen MR) is 34.7 cm³/mol. The van der Waals surface area contributed by atoms with E-state index in [1.807, 2.05) is 0 Å². The van der Waals surface area contributed by atoms with Gasteiger partial charge in [0.25, 0.3) is 0 Å². The lowest BCUT2D eigenvalue weighted by atomic mass is 10.9. The molecule has 46 valence electrons. The zero-order chi connectivity index (χ0) is 6.27. The molecule has 2 rings (SSSR count). The number of imidazole rings is 1. The maximum atomic E-state index is 8.91. The Morgan fingerprint density at radius 1 is 1.67 bits per heavy atom. The van der Waals surface area contributed by atoms with Gasteiger partial charge in [-0.3, -0.25) is 4.40 Å². The topological polar surface area (TPSA) is 37.5 Å². The normalized spacial score (nSPS) is 10.7. The first-order valence-corrected chi connectivity index (χ1v) is 3.28. The van der Waals surface area contributed by atoms with Crippen LogP contribution in [-0.2, 0) is 0 Å². The van der Waals surface area contributed by atoms with Crippen molar-refractivity contribution < 1.29 is 5.11 Å². The minimum atomic E-state index is 0.326. The molecule has 0 unspecified atom stereocenters. The van der Waals surface area contributed by atoms with E-state index < -0.39 is 0 Å². The van der Waals surface area contributed by atoms with Crippen molar-refractivity contribution in [3.8, 4) is 5.06 Å². The van der Waals surface area contributed by atoms with Gasteiger partial charge in [-0.25, -0.2) is 4.98 Å². The summed E-state index contributed by atoms with van der Waals surface area (Å²) < 4.78 is 1.78. The molecule has 4 heteroatoms. The van der Waals surface area contributed by atoms with E-state index in [1.165, 1.54) is 11.3 Å². The van der Waals surface area contributed by atoms with Gasteiger partial charge in [0.15, 0.2) is 5.06 Å². The van der Waals surface area contributed by atoms with Gasteiger partial charge in [0.1, 0.15) is 4.83 Å². The molecule has 2 aromatic rings. The fraction of sp³-hybridized carbons (Fsp3) is 0. The van der Waals surface area contributed by atoms with Gasteiger partial charge < -0.3 is 5.11 Å². The number of aromatic nitrogens is 2. The molecule has 0 fully saturated rings. The van der Waals surface area contributed by atoms with Crippen LogP contribution in [-0.4, -0.2) is 14.5 Å². The Hall–Kier alpha value is -1.03. The lowest BCUT2D eigenvalue weighted by Crippen LogP contribution is -1.66. The molecule has 0 saturated heterocycles. The summed E-state index contributed by atoms with van der Waals surface area (Å²) in [6.45, 7) is 0. The number of nitrogens with zero attached hydrogens (tertiary/aromatic N) is 2. The highest BCUT2D eigenvalue weighted by molar-refractivity contribution is 7.19. The van der Waals surface area contributed by atoms with Gasteiger partial charge in [0.05, 0.1) is 18.7 Å². The minimum Gasteiger partial charge on any atom is -0.498 e. The van der Waals surface area contributed by atoms with E-state index >= 15 is 0 Å². The van der Waals surface area contributed by atoms with Crippen molar-refractivity contribution in [2.24, 2.45) is 0 Å². The maximum absolute atomic E-state index is 8.91. The zero-order valence-electron chi connectivity index (χ0n) is 4.48. The van der Waals surface area contributed by atoms with Crippen LogP contribution in [0.15, 0.2) is 18.7 Å². The van der Waals surface area contributed by atoms with E-state index in [2.05, 4.69) is 4.98 Å². The van der Waals surface area contributed by atoms with Crippen molar-refractivity contribution in [3.63, 3.8) is 0 Å². The van der Waals surface area contributed by atoms with E-state index in [-0.39, 0.29) is 0 Å². The van der Waals surface area contributed by atoms with Gasteiger partial charge in [-0.2, -0.15) is 0 Å². The Bertz CT molecular complexity index is 296. The quantitative estimate of drug-likeness (QED) is 0.595. The first-order chi connectivity index (χ1) is 4.36. The second-order valence-corrected chi connectivity index (χ2v) is 2.75. The molecule has 0 bridgehead atoms. The molecule has 0 spiro atoms. The minimum absolute atomic E-state index is 0.326. The van der Waals surface area contributed by atoms with Crippen molar-refractivity contribution in [1.29, 1.82) is 0 Å². The van der Waals surface area contributed by atoms with Gasteiger partial charge in [-0.05, 0) is 0 Å². The van der Waals surface area contributed by atoms with Gasteiger partial charge in [0, 0.05) is 0 Å². The van der Waals surface area contributed by atoms with Crippen LogP contribution in [0.5, 0.6) is 5.06 Å². The third-order valence-electron chi connectivity index (χ3n) is 1.09. The first-order valence-electron chi connectivity index (χ1n) is 2.47. The van der Waals surface area contributed by atoms with Crippen LogP contribution >= 0.6 is 11.3 Å². The van der Waals surface area contributed by atoms with E-state index in [9.17, 15) is 0 Å². The largest absolute Gasteiger partial charge is 0.498 e. The second kappa shape index (κ2) is 1.48. The number of aromatic hydroxyl groups is 1. The molecule has 0 aliphatic carbocycles. The molecular formula is C5H4N2OS. The van der Waals surface area contributed by atoms with Crippen LogP contribution in [0.25, 0.3) is 4.83 Å². The van der Waals surface area contributed by atoms with Crippen molar-refractivity contribution in [2.75, 3.05) is 0 Å². The molecule has 2 aromatic heterocycles. The summed E-state index contributed by atoms with van der Waals surface area (Å²) in [6.07, 6.45) is 5.00. The van der Waals surface area contributed by atoms with Gasteiger partial charge in [-0.1, -0.05) is 11.3 Å². The molecule has 0 aliphatic rings. The molecule has 1 N–H and O–H groups in total. The third-order valence-corrected chi connectivity index (χ3v) is 1.93. The summed E-state index contributed by atoms with van der Waals surface area (Å²) in [5, 5.41) is 9.24. The van der Waals surface area contributed by atoms with Crippen molar-refractivity contribution in [1.82, 2.24) is 9.38 Å². The average molecular weight is 140 g/mol. The Morgan fingerprint density at radius 2 is 2.56 bits per heavy atom. The Kier molecular flexibility index (Phi) is 0.790. The average Bonchev–Trinajstić information content (AvgIpc) is 2.22. The van der Waals surface area contributed by atoms with E-state index in [0.717, 1.165) is 4.83 Å². The summed E-state index contributed by atoms with van der Waals surface area (Å²) in [4.78, 5) is 4.83. The highest BCUT2D eigenvalue weighted by Gasteiger charge is 1.96. The van der Waals surface area contributed by atoms with Crippen molar-refractivity contribution in [2.45, 2.75) is 0 Å². The first kappa shape index (κ1) is 4.81. The highest BCUT2D eigenvalue weighted by Crippen LogP contribution is 2.22. The van der Waals surface area contributed by atoms with Gasteiger partial charge >= 0.3 is 0 Å². The highest BCUT2D eigenvalue weighted by atomic mass is 32.1. The second-order valence-electron chi connectivity index (χ2n) is 1.71. The Balaban J connectivity index is 2.92. The predicted octanol–water partition coefficient (Wildman–Crippen LogP) is 1.10. The number of hydrogen-bond acceptors (Lipinski definition) is 3. The van der Waals surface area contributed by atoms with Crippen LogP contribution in [0.1, 0.15) is 0 Å². The molecule has 0 aliphatic heterocycles. The number of thiazole rings is 1. The maximum Gasteiger partial charge on any atom is 0.190 e. The van der Waals surface area contributed by atoms with E-state index in [4.69, 9.17) is 5.11 Å². The molecule has 3 nitrogen and oxygen atoms in total. The van der Waals surface area contributed by atoms with E-state index in [1.54, 1.807) is 23.1 Å². The SMILES string of the molecule is Oc1cn2cncc2s1. The van der Waals surface area contributed by atoms with Crippen LogP contribution in [0.2, 0.25) is 0 Å². The standard InChI is InChI=1S/C5H4N2OS/c8-5-2-7-3-6-1-4(7)9-5/h1-3,8H. The number of rotatable bonds is 0. The van der Waals surface area contributed by atoms with Crippen molar-refractivity contribution >= 4 is 16.2 Å². The van der Waals surface area contributed by atoms with Gasteiger partial charge in [0.2, 0.25) is 0 Å². The molecule has 0 amide bonds. The van der Waals surface area contributed by atoms with Crippen LogP contribution < -0.4 is 0 Å². The molecule has 2 heterocycles. The lowest BCUT2D eigenvalue weighted by Gasteiger charge is -1.72. The van der Waals surface area contributed by atoms with Crippen LogP contribution in [0, 0.1) is 0 Å². The number of hydrogen-bond donors (Lipinski definition) is 1. The molecule has 0 radical (unpaired) electrons. The summed E-state index contributed by atoms with van der Waals surface area (Å²) in [5.41, 5.74) is 0.